The number of piperidine rings is 1. The molecule has 3 atom stereocenters. The first-order chi connectivity index (χ1) is 12.3. The fraction of sp³-hybridized carbons (Fsp3) is 0.650. The summed E-state index contributed by atoms with van der Waals surface area (Å²) in [6, 6.07) is 8.48. The molecule has 5 nitrogen and oxygen atoms in total. The second kappa shape index (κ2) is 9.97. The van der Waals surface area contributed by atoms with Crippen LogP contribution in [0.15, 0.2) is 24.3 Å². The van der Waals surface area contributed by atoms with Gasteiger partial charge in [0.05, 0.1) is 19.7 Å². The summed E-state index contributed by atoms with van der Waals surface area (Å²) in [4.78, 5) is 17.6. The van der Waals surface area contributed by atoms with Gasteiger partial charge in [0.25, 0.3) is 0 Å². The SMILES string of the molecule is COc1ccc([C@H]2[C@H]3CNC[C@H]3CN2C(=O)CN2CCCCC2)cc1.Cl.Cl. The minimum atomic E-state index is 0. The van der Waals surface area contributed by atoms with Gasteiger partial charge in [-0.25, -0.2) is 0 Å². The van der Waals surface area contributed by atoms with E-state index in [4.69, 9.17) is 4.74 Å². The number of nitrogens with zero attached hydrogens (tertiary/aromatic N) is 2. The number of hydrogen-bond donors (Lipinski definition) is 1. The lowest BCUT2D eigenvalue weighted by Crippen LogP contribution is -2.43. The molecule has 3 saturated heterocycles. The van der Waals surface area contributed by atoms with Gasteiger partial charge in [0.1, 0.15) is 5.75 Å². The lowest BCUT2D eigenvalue weighted by Gasteiger charge is -2.32. The molecule has 0 aliphatic carbocycles. The van der Waals surface area contributed by atoms with Crippen LogP contribution in [0, 0.1) is 11.8 Å². The minimum absolute atomic E-state index is 0. The first-order valence-corrected chi connectivity index (χ1v) is 9.63. The van der Waals surface area contributed by atoms with Crippen molar-refractivity contribution in [2.45, 2.75) is 25.3 Å². The van der Waals surface area contributed by atoms with Crippen molar-refractivity contribution in [3.8, 4) is 5.75 Å². The van der Waals surface area contributed by atoms with E-state index in [2.05, 4.69) is 27.2 Å². The van der Waals surface area contributed by atoms with Gasteiger partial charge in [0.15, 0.2) is 0 Å². The van der Waals surface area contributed by atoms with E-state index in [-0.39, 0.29) is 30.9 Å². The van der Waals surface area contributed by atoms with Crippen molar-refractivity contribution < 1.29 is 9.53 Å². The van der Waals surface area contributed by atoms with E-state index in [0.717, 1.165) is 38.5 Å². The number of methoxy groups -OCH3 is 1. The van der Waals surface area contributed by atoms with Crippen LogP contribution < -0.4 is 10.1 Å². The molecule has 27 heavy (non-hydrogen) atoms. The number of rotatable bonds is 4. The van der Waals surface area contributed by atoms with Crippen molar-refractivity contribution in [2.24, 2.45) is 11.8 Å². The molecule has 0 unspecified atom stereocenters. The lowest BCUT2D eigenvalue weighted by atomic mass is 9.89. The monoisotopic (exact) mass is 415 g/mol. The number of carbonyl (C=O) groups is 1. The Morgan fingerprint density at radius 3 is 2.48 bits per heavy atom. The number of carbonyl (C=O) groups excluding carboxylic acids is 1. The number of ether oxygens (including phenoxy) is 1. The van der Waals surface area contributed by atoms with Crippen molar-refractivity contribution in [3.05, 3.63) is 29.8 Å². The Labute approximate surface area is 174 Å². The van der Waals surface area contributed by atoms with Crippen LogP contribution in [0.5, 0.6) is 5.75 Å². The van der Waals surface area contributed by atoms with Crippen molar-refractivity contribution >= 4 is 30.7 Å². The molecule has 0 saturated carbocycles. The highest BCUT2D eigenvalue weighted by Gasteiger charge is 2.46. The average molecular weight is 416 g/mol. The highest BCUT2D eigenvalue weighted by Crippen LogP contribution is 2.43. The molecule has 0 aromatic heterocycles. The maximum absolute atomic E-state index is 13.1. The first kappa shape index (κ1) is 22.3. The number of halogens is 2. The quantitative estimate of drug-likeness (QED) is 0.820. The summed E-state index contributed by atoms with van der Waals surface area (Å²) in [5.41, 5.74) is 1.24. The van der Waals surface area contributed by atoms with Gasteiger partial charge < -0.3 is 15.0 Å². The van der Waals surface area contributed by atoms with Gasteiger partial charge in [-0.1, -0.05) is 18.6 Å². The number of likely N-dealkylation sites (tertiary alicyclic amines) is 2. The van der Waals surface area contributed by atoms with Crippen molar-refractivity contribution in [3.63, 3.8) is 0 Å². The number of benzene rings is 1. The zero-order valence-electron chi connectivity index (χ0n) is 15.9. The standard InChI is InChI=1S/C20H29N3O2.2ClH/c1-25-17-7-5-15(6-8-17)20-18-12-21-11-16(18)13-23(20)19(24)14-22-9-3-2-4-10-22;;/h5-8,16,18,20-21H,2-4,9-14H2,1H3;2*1H/t16-,18-,20-;;/m0../s1. The average Bonchev–Trinajstić information content (AvgIpc) is 3.24. The van der Waals surface area contributed by atoms with Crippen molar-refractivity contribution in [1.29, 1.82) is 0 Å². The third-order valence-corrected chi connectivity index (χ3v) is 6.15. The van der Waals surface area contributed by atoms with Gasteiger partial charge in [-0.05, 0) is 49.5 Å². The Hall–Kier alpha value is -1.01. The van der Waals surface area contributed by atoms with E-state index < -0.39 is 0 Å². The molecular weight excluding hydrogens is 385 g/mol. The molecule has 1 amide bonds. The summed E-state index contributed by atoms with van der Waals surface area (Å²) in [5, 5.41) is 3.51. The molecule has 3 fully saturated rings. The van der Waals surface area contributed by atoms with Crippen LogP contribution in [0.3, 0.4) is 0 Å². The largest absolute Gasteiger partial charge is 0.497 e. The molecule has 0 radical (unpaired) electrons. The van der Waals surface area contributed by atoms with Crippen LogP contribution in [0.1, 0.15) is 30.9 Å². The van der Waals surface area contributed by atoms with Gasteiger partial charge in [-0.3, -0.25) is 9.69 Å². The molecule has 1 aromatic carbocycles. The van der Waals surface area contributed by atoms with Gasteiger partial charge in [0, 0.05) is 25.6 Å². The molecule has 4 rings (SSSR count). The molecule has 3 aliphatic rings. The Balaban J connectivity index is 0.00000131. The fourth-order valence-corrected chi connectivity index (χ4v) is 4.80. The second-order valence-corrected chi connectivity index (χ2v) is 7.68. The van der Waals surface area contributed by atoms with Crippen LogP contribution in [0.25, 0.3) is 0 Å². The number of amides is 1. The van der Waals surface area contributed by atoms with Gasteiger partial charge in [-0.2, -0.15) is 0 Å². The van der Waals surface area contributed by atoms with Crippen molar-refractivity contribution in [2.75, 3.05) is 46.4 Å². The Morgan fingerprint density at radius 2 is 1.81 bits per heavy atom. The maximum atomic E-state index is 13.1. The predicted molar refractivity (Wildman–Crippen MR) is 112 cm³/mol. The van der Waals surface area contributed by atoms with Gasteiger partial charge in [-0.15, -0.1) is 24.8 Å². The molecule has 7 heteroatoms. The molecule has 0 spiro atoms. The van der Waals surface area contributed by atoms with Crippen LogP contribution in [0.4, 0.5) is 0 Å². The normalized spacial score (nSPS) is 27.4. The summed E-state index contributed by atoms with van der Waals surface area (Å²) in [7, 11) is 1.69. The Bertz CT molecular complexity index is 608. The summed E-state index contributed by atoms with van der Waals surface area (Å²) in [5.74, 6) is 2.28. The summed E-state index contributed by atoms with van der Waals surface area (Å²) < 4.78 is 5.29. The zero-order chi connectivity index (χ0) is 17.2. The predicted octanol–water partition coefficient (Wildman–Crippen LogP) is 2.74. The Morgan fingerprint density at radius 1 is 1.11 bits per heavy atom. The summed E-state index contributed by atoms with van der Waals surface area (Å²) in [6.45, 7) is 5.66. The topological polar surface area (TPSA) is 44.8 Å². The molecule has 0 bridgehead atoms. The molecule has 3 heterocycles. The van der Waals surface area contributed by atoms with E-state index in [9.17, 15) is 4.79 Å². The summed E-state index contributed by atoms with van der Waals surface area (Å²) >= 11 is 0. The second-order valence-electron chi connectivity index (χ2n) is 7.68. The molecule has 3 aliphatic heterocycles. The smallest absolute Gasteiger partial charge is 0.237 e. The third kappa shape index (κ3) is 4.70. The molecular formula is C20H31Cl2N3O2. The Kier molecular flexibility index (Phi) is 8.22. The zero-order valence-corrected chi connectivity index (χ0v) is 17.6. The number of nitrogens with one attached hydrogen (secondary N) is 1. The lowest BCUT2D eigenvalue weighted by molar-refractivity contribution is -0.134. The van der Waals surface area contributed by atoms with E-state index in [1.165, 1.54) is 24.8 Å². The highest BCUT2D eigenvalue weighted by atomic mass is 35.5. The van der Waals surface area contributed by atoms with Gasteiger partial charge >= 0.3 is 0 Å². The number of hydrogen-bond acceptors (Lipinski definition) is 4. The summed E-state index contributed by atoms with van der Waals surface area (Å²) in [6.07, 6.45) is 3.76. The molecule has 1 aromatic rings. The van der Waals surface area contributed by atoms with Crippen LogP contribution in [-0.4, -0.2) is 62.1 Å². The van der Waals surface area contributed by atoms with Crippen LogP contribution in [-0.2, 0) is 4.79 Å². The van der Waals surface area contributed by atoms with Gasteiger partial charge in [0.2, 0.25) is 5.91 Å². The number of fused-ring (bicyclic) bond motifs is 1. The minimum Gasteiger partial charge on any atom is -0.497 e. The van der Waals surface area contributed by atoms with Crippen molar-refractivity contribution in [1.82, 2.24) is 15.1 Å². The highest BCUT2D eigenvalue weighted by molar-refractivity contribution is 5.85. The molecule has 152 valence electrons. The fourth-order valence-electron chi connectivity index (χ4n) is 4.80. The first-order valence-electron chi connectivity index (χ1n) is 9.63. The molecule has 1 N–H and O–H groups in total. The van der Waals surface area contributed by atoms with E-state index in [0.29, 0.717) is 24.3 Å². The van der Waals surface area contributed by atoms with Crippen LogP contribution in [0.2, 0.25) is 0 Å². The van der Waals surface area contributed by atoms with Crippen LogP contribution >= 0.6 is 24.8 Å². The van der Waals surface area contributed by atoms with E-state index >= 15 is 0 Å². The third-order valence-electron chi connectivity index (χ3n) is 6.15. The van der Waals surface area contributed by atoms with E-state index in [1.807, 2.05) is 12.1 Å². The van der Waals surface area contributed by atoms with E-state index in [1.54, 1.807) is 7.11 Å². The maximum Gasteiger partial charge on any atom is 0.237 e.